The van der Waals surface area contributed by atoms with Crippen molar-refractivity contribution in [3.8, 4) is 0 Å². The van der Waals surface area contributed by atoms with Crippen LogP contribution in [-0.4, -0.2) is 66.5 Å². The van der Waals surface area contributed by atoms with Crippen molar-refractivity contribution in [2.45, 2.75) is 32.7 Å². The zero-order chi connectivity index (χ0) is 19.2. The molecule has 0 aromatic heterocycles. The predicted molar refractivity (Wildman–Crippen MR) is 99.4 cm³/mol. The maximum absolute atomic E-state index is 13.6. The van der Waals surface area contributed by atoms with E-state index in [-0.39, 0.29) is 23.3 Å². The summed E-state index contributed by atoms with van der Waals surface area (Å²) < 4.78 is 13.6. The van der Waals surface area contributed by atoms with Crippen LogP contribution in [0.25, 0.3) is 0 Å². The summed E-state index contributed by atoms with van der Waals surface area (Å²) in [6, 6.07) is 6.45. The number of urea groups is 1. The summed E-state index contributed by atoms with van der Waals surface area (Å²) in [4.78, 5) is 28.0. The smallest absolute Gasteiger partial charge is 0.317 e. The van der Waals surface area contributed by atoms with Gasteiger partial charge in [0.1, 0.15) is 5.82 Å². The summed E-state index contributed by atoms with van der Waals surface area (Å²) in [6.07, 6.45) is 0.464. The lowest BCUT2D eigenvalue weighted by atomic mass is 10.1. The molecule has 3 amide bonds. The second-order valence-electron chi connectivity index (χ2n) is 7.63. The van der Waals surface area contributed by atoms with Crippen LogP contribution in [-0.2, 0) is 11.2 Å². The van der Waals surface area contributed by atoms with Crippen molar-refractivity contribution in [3.05, 3.63) is 35.6 Å². The quantitative estimate of drug-likeness (QED) is 0.834. The normalized spacial score (nSPS) is 15.6. The van der Waals surface area contributed by atoms with Crippen LogP contribution >= 0.6 is 0 Å². The van der Waals surface area contributed by atoms with Crippen LogP contribution in [0.3, 0.4) is 0 Å². The molecule has 144 valence electrons. The van der Waals surface area contributed by atoms with Gasteiger partial charge in [0.15, 0.2) is 0 Å². The monoisotopic (exact) mass is 364 g/mol. The fourth-order valence-corrected chi connectivity index (χ4v) is 2.89. The van der Waals surface area contributed by atoms with Crippen LogP contribution in [0.5, 0.6) is 0 Å². The van der Waals surface area contributed by atoms with Gasteiger partial charge in [-0.3, -0.25) is 9.69 Å². The summed E-state index contributed by atoms with van der Waals surface area (Å²) in [6.45, 7) is 9.09. The Morgan fingerprint density at radius 1 is 1.12 bits per heavy atom. The molecule has 1 saturated heterocycles. The van der Waals surface area contributed by atoms with Gasteiger partial charge in [0.2, 0.25) is 5.91 Å². The van der Waals surface area contributed by atoms with Crippen molar-refractivity contribution in [3.63, 3.8) is 0 Å². The number of benzene rings is 1. The Hall–Kier alpha value is -2.15. The first kappa shape index (κ1) is 20.2. The zero-order valence-corrected chi connectivity index (χ0v) is 15.8. The van der Waals surface area contributed by atoms with Crippen LogP contribution < -0.4 is 10.6 Å². The van der Waals surface area contributed by atoms with Gasteiger partial charge in [0, 0.05) is 38.3 Å². The van der Waals surface area contributed by atoms with Crippen LogP contribution in [0.4, 0.5) is 9.18 Å². The van der Waals surface area contributed by atoms with Gasteiger partial charge in [-0.15, -0.1) is 0 Å². The Balaban J connectivity index is 1.68. The Morgan fingerprint density at radius 3 is 2.38 bits per heavy atom. The number of piperazine rings is 1. The van der Waals surface area contributed by atoms with Gasteiger partial charge in [0.05, 0.1) is 6.54 Å². The van der Waals surface area contributed by atoms with Crippen molar-refractivity contribution < 1.29 is 14.0 Å². The Kier molecular flexibility index (Phi) is 6.97. The molecule has 0 aliphatic carbocycles. The minimum absolute atomic E-state index is 0.000268. The summed E-state index contributed by atoms with van der Waals surface area (Å²) in [5.41, 5.74) is 0.360. The highest BCUT2D eigenvalue weighted by Gasteiger charge is 2.23. The van der Waals surface area contributed by atoms with Crippen molar-refractivity contribution >= 4 is 11.9 Å². The fraction of sp³-hybridized carbons (Fsp3) is 0.579. The van der Waals surface area contributed by atoms with Gasteiger partial charge < -0.3 is 15.5 Å². The first-order valence-electron chi connectivity index (χ1n) is 9.04. The van der Waals surface area contributed by atoms with E-state index < -0.39 is 0 Å². The largest absolute Gasteiger partial charge is 0.350 e. The number of hydrogen-bond acceptors (Lipinski definition) is 3. The van der Waals surface area contributed by atoms with Crippen LogP contribution in [0, 0.1) is 5.82 Å². The second-order valence-corrected chi connectivity index (χ2v) is 7.63. The average molecular weight is 364 g/mol. The Morgan fingerprint density at radius 2 is 1.77 bits per heavy atom. The number of carbonyl (C=O) groups excluding carboxylic acids is 2. The molecule has 0 spiro atoms. The standard InChI is InChI=1S/C19H29FN4O2/c1-19(2,3)22-17(25)14-23-10-12-24(13-11-23)18(26)21-9-8-15-6-4-5-7-16(15)20/h4-7H,8-14H2,1-3H3,(H,21,26)(H,22,25). The minimum atomic E-state index is -0.246. The lowest BCUT2D eigenvalue weighted by Gasteiger charge is -2.34. The molecule has 6 nitrogen and oxygen atoms in total. The molecule has 26 heavy (non-hydrogen) atoms. The molecule has 0 bridgehead atoms. The molecule has 1 fully saturated rings. The molecular weight excluding hydrogens is 335 g/mol. The van der Waals surface area contributed by atoms with E-state index >= 15 is 0 Å². The van der Waals surface area contributed by atoms with E-state index in [9.17, 15) is 14.0 Å². The van der Waals surface area contributed by atoms with E-state index in [1.54, 1.807) is 23.1 Å². The lowest BCUT2D eigenvalue weighted by Crippen LogP contribution is -2.54. The molecule has 0 radical (unpaired) electrons. The summed E-state index contributed by atoms with van der Waals surface area (Å²) >= 11 is 0. The van der Waals surface area contributed by atoms with E-state index in [0.717, 1.165) is 0 Å². The average Bonchev–Trinajstić information content (AvgIpc) is 2.55. The van der Waals surface area contributed by atoms with Gasteiger partial charge in [0.25, 0.3) is 0 Å². The van der Waals surface area contributed by atoms with Gasteiger partial charge in [-0.1, -0.05) is 18.2 Å². The topological polar surface area (TPSA) is 64.7 Å². The highest BCUT2D eigenvalue weighted by molar-refractivity contribution is 5.79. The molecule has 0 saturated carbocycles. The molecule has 0 atom stereocenters. The summed E-state index contributed by atoms with van der Waals surface area (Å²) in [5, 5.41) is 5.78. The summed E-state index contributed by atoms with van der Waals surface area (Å²) in [7, 11) is 0. The lowest BCUT2D eigenvalue weighted by molar-refractivity contribution is -0.123. The number of halogens is 1. The predicted octanol–water partition coefficient (Wildman–Crippen LogP) is 1.61. The zero-order valence-electron chi connectivity index (χ0n) is 15.8. The van der Waals surface area contributed by atoms with Crippen molar-refractivity contribution in [2.75, 3.05) is 39.3 Å². The molecule has 1 aromatic carbocycles. The molecular formula is C19H29FN4O2. The van der Waals surface area contributed by atoms with Crippen molar-refractivity contribution in [2.24, 2.45) is 0 Å². The highest BCUT2D eigenvalue weighted by Crippen LogP contribution is 2.07. The SMILES string of the molecule is CC(C)(C)NC(=O)CN1CCN(C(=O)NCCc2ccccc2F)CC1. The molecule has 0 unspecified atom stereocenters. The van der Waals surface area contributed by atoms with Crippen LogP contribution in [0.15, 0.2) is 24.3 Å². The van der Waals surface area contributed by atoms with Crippen LogP contribution in [0.1, 0.15) is 26.3 Å². The first-order chi connectivity index (χ1) is 12.2. The van der Waals surface area contributed by atoms with Crippen molar-refractivity contribution in [1.29, 1.82) is 0 Å². The Bertz CT molecular complexity index is 622. The van der Waals surface area contributed by atoms with E-state index in [1.165, 1.54) is 6.07 Å². The maximum Gasteiger partial charge on any atom is 0.317 e. The fourth-order valence-electron chi connectivity index (χ4n) is 2.89. The highest BCUT2D eigenvalue weighted by atomic mass is 19.1. The third-order valence-electron chi connectivity index (χ3n) is 4.17. The van der Waals surface area contributed by atoms with Gasteiger partial charge in [-0.25, -0.2) is 9.18 Å². The molecule has 1 aliphatic rings. The second kappa shape index (κ2) is 8.98. The number of carbonyl (C=O) groups is 2. The van der Waals surface area contributed by atoms with E-state index in [1.807, 2.05) is 25.7 Å². The van der Waals surface area contributed by atoms with E-state index in [2.05, 4.69) is 10.6 Å². The van der Waals surface area contributed by atoms with Crippen LogP contribution in [0.2, 0.25) is 0 Å². The summed E-state index contributed by atoms with van der Waals surface area (Å²) in [5.74, 6) is -0.246. The number of rotatable bonds is 5. The van der Waals surface area contributed by atoms with E-state index in [0.29, 0.717) is 51.3 Å². The minimum Gasteiger partial charge on any atom is -0.350 e. The third-order valence-corrected chi connectivity index (χ3v) is 4.17. The van der Waals surface area contributed by atoms with E-state index in [4.69, 9.17) is 0 Å². The maximum atomic E-state index is 13.6. The first-order valence-corrected chi connectivity index (χ1v) is 9.04. The van der Waals surface area contributed by atoms with Gasteiger partial charge >= 0.3 is 6.03 Å². The molecule has 7 heteroatoms. The molecule has 1 aromatic rings. The molecule has 1 heterocycles. The number of amides is 3. The Labute approximate surface area is 154 Å². The van der Waals surface area contributed by atoms with Crippen molar-refractivity contribution in [1.82, 2.24) is 20.4 Å². The molecule has 2 rings (SSSR count). The number of nitrogens with one attached hydrogen (secondary N) is 2. The number of hydrogen-bond donors (Lipinski definition) is 2. The molecule has 2 N–H and O–H groups in total. The number of nitrogens with zero attached hydrogens (tertiary/aromatic N) is 2. The molecule has 1 aliphatic heterocycles. The van der Waals surface area contributed by atoms with Gasteiger partial charge in [-0.2, -0.15) is 0 Å². The third kappa shape index (κ3) is 6.63. The van der Waals surface area contributed by atoms with Gasteiger partial charge in [-0.05, 0) is 38.8 Å².